The molecule has 2 aromatic carbocycles. The predicted molar refractivity (Wildman–Crippen MR) is 122 cm³/mol. The summed E-state index contributed by atoms with van der Waals surface area (Å²) >= 11 is 0. The van der Waals surface area contributed by atoms with Crippen molar-refractivity contribution in [3.05, 3.63) is 69.8 Å². The maximum Gasteiger partial charge on any atom is 0.0431 e. The Labute approximate surface area is 171 Å². The van der Waals surface area contributed by atoms with Crippen molar-refractivity contribution in [1.29, 1.82) is 0 Å². The molecule has 28 heavy (non-hydrogen) atoms. The van der Waals surface area contributed by atoms with Crippen LogP contribution in [0.15, 0.2) is 36.4 Å². The first-order valence-electron chi connectivity index (χ1n) is 10.8. The van der Waals surface area contributed by atoms with Crippen molar-refractivity contribution in [3.8, 4) is 0 Å². The predicted octanol–water partition coefficient (Wildman–Crippen LogP) is 6.83. The SMILES string of the molecule is Cc1ccc(/C=C/c2cc3c(cc2CCCCO)C(C)(C)CCC3(C)C)cc1. The second-order valence-corrected chi connectivity index (χ2v) is 9.79. The zero-order valence-electron chi connectivity index (χ0n) is 18.3. The molecule has 0 unspecified atom stereocenters. The molecule has 3 rings (SSSR count). The lowest BCUT2D eigenvalue weighted by molar-refractivity contribution is 0.284. The lowest BCUT2D eigenvalue weighted by Crippen LogP contribution is -2.34. The quantitative estimate of drug-likeness (QED) is 0.433. The van der Waals surface area contributed by atoms with Gasteiger partial charge in [-0.05, 0) is 77.7 Å². The molecule has 0 saturated heterocycles. The number of hydrogen-bond acceptors (Lipinski definition) is 1. The van der Waals surface area contributed by atoms with Crippen LogP contribution in [0.4, 0.5) is 0 Å². The molecule has 1 heteroatoms. The summed E-state index contributed by atoms with van der Waals surface area (Å²) in [6, 6.07) is 13.6. The maximum atomic E-state index is 9.22. The molecular weight excluding hydrogens is 340 g/mol. The van der Waals surface area contributed by atoms with Gasteiger partial charge in [-0.2, -0.15) is 0 Å². The number of aliphatic hydroxyl groups is 1. The Morgan fingerprint density at radius 1 is 0.857 bits per heavy atom. The fourth-order valence-electron chi connectivity index (χ4n) is 4.34. The van der Waals surface area contributed by atoms with E-state index in [-0.39, 0.29) is 17.4 Å². The van der Waals surface area contributed by atoms with Gasteiger partial charge in [0, 0.05) is 6.61 Å². The number of aliphatic hydroxyl groups excluding tert-OH is 1. The van der Waals surface area contributed by atoms with Gasteiger partial charge in [-0.25, -0.2) is 0 Å². The molecule has 0 bridgehead atoms. The molecule has 1 N–H and O–H groups in total. The standard InChI is InChI=1S/C27H36O/c1-20-9-11-21(12-10-20)13-14-23-19-25-24(18-22(23)8-6-7-17-28)26(2,3)15-16-27(25,4)5/h9-14,18-19,28H,6-8,15-17H2,1-5H3/b14-13+. The molecule has 1 aliphatic carbocycles. The van der Waals surface area contributed by atoms with Crippen molar-refractivity contribution < 1.29 is 5.11 Å². The fraction of sp³-hybridized carbons (Fsp3) is 0.481. The van der Waals surface area contributed by atoms with Crippen LogP contribution in [0.25, 0.3) is 12.2 Å². The van der Waals surface area contributed by atoms with Crippen LogP contribution in [-0.4, -0.2) is 11.7 Å². The van der Waals surface area contributed by atoms with E-state index < -0.39 is 0 Å². The van der Waals surface area contributed by atoms with E-state index in [1.54, 1.807) is 0 Å². The Hall–Kier alpha value is -1.86. The minimum absolute atomic E-state index is 0.223. The van der Waals surface area contributed by atoms with Crippen LogP contribution in [0.5, 0.6) is 0 Å². The summed E-state index contributed by atoms with van der Waals surface area (Å²) in [6.07, 6.45) is 9.92. The highest BCUT2D eigenvalue weighted by molar-refractivity contribution is 5.72. The molecule has 0 fully saturated rings. The number of aryl methyl sites for hydroxylation is 2. The van der Waals surface area contributed by atoms with Crippen LogP contribution in [0.3, 0.4) is 0 Å². The monoisotopic (exact) mass is 376 g/mol. The normalized spacial score (nSPS) is 17.6. The lowest BCUT2D eigenvalue weighted by atomic mass is 9.62. The zero-order valence-corrected chi connectivity index (χ0v) is 18.3. The molecule has 0 aromatic heterocycles. The molecule has 0 heterocycles. The molecule has 150 valence electrons. The van der Waals surface area contributed by atoms with Crippen molar-refractivity contribution >= 4 is 12.2 Å². The largest absolute Gasteiger partial charge is 0.396 e. The summed E-state index contributed by atoms with van der Waals surface area (Å²) in [5.41, 5.74) is 8.78. The van der Waals surface area contributed by atoms with Crippen LogP contribution in [0, 0.1) is 6.92 Å². The van der Waals surface area contributed by atoms with Crippen LogP contribution < -0.4 is 0 Å². The van der Waals surface area contributed by atoms with E-state index in [2.05, 4.69) is 83.2 Å². The van der Waals surface area contributed by atoms with Gasteiger partial charge in [0.25, 0.3) is 0 Å². The molecule has 2 aromatic rings. The highest BCUT2D eigenvalue weighted by atomic mass is 16.2. The third-order valence-corrected chi connectivity index (χ3v) is 6.50. The first-order chi connectivity index (χ1) is 13.2. The molecular formula is C27H36O. The number of hydrogen-bond donors (Lipinski definition) is 1. The van der Waals surface area contributed by atoms with Crippen LogP contribution >= 0.6 is 0 Å². The van der Waals surface area contributed by atoms with Gasteiger partial charge in [0.1, 0.15) is 0 Å². The van der Waals surface area contributed by atoms with Crippen molar-refractivity contribution in [3.63, 3.8) is 0 Å². The molecule has 0 saturated carbocycles. The molecule has 0 atom stereocenters. The Kier molecular flexibility index (Phi) is 6.15. The number of benzene rings is 2. The number of unbranched alkanes of at least 4 members (excludes halogenated alkanes) is 1. The zero-order chi connectivity index (χ0) is 20.4. The van der Waals surface area contributed by atoms with Gasteiger partial charge < -0.3 is 5.11 Å². The maximum absolute atomic E-state index is 9.22. The van der Waals surface area contributed by atoms with Crippen LogP contribution in [-0.2, 0) is 17.3 Å². The first-order valence-corrected chi connectivity index (χ1v) is 10.8. The Bertz CT molecular complexity index is 837. The van der Waals surface area contributed by atoms with Crippen LogP contribution in [0.2, 0.25) is 0 Å². The van der Waals surface area contributed by atoms with Gasteiger partial charge in [-0.3, -0.25) is 0 Å². The van der Waals surface area contributed by atoms with Crippen molar-refractivity contribution in [2.45, 2.75) is 77.6 Å². The number of rotatable bonds is 6. The van der Waals surface area contributed by atoms with Gasteiger partial charge in [-0.1, -0.05) is 81.8 Å². The Morgan fingerprint density at radius 3 is 2.07 bits per heavy atom. The van der Waals surface area contributed by atoms with E-state index in [9.17, 15) is 5.11 Å². The van der Waals surface area contributed by atoms with E-state index in [0.717, 1.165) is 19.3 Å². The van der Waals surface area contributed by atoms with E-state index >= 15 is 0 Å². The second kappa shape index (κ2) is 8.25. The lowest BCUT2D eigenvalue weighted by Gasteiger charge is -2.42. The molecule has 1 aliphatic rings. The summed E-state index contributed by atoms with van der Waals surface area (Å²) in [5, 5.41) is 9.22. The van der Waals surface area contributed by atoms with Crippen LogP contribution in [0.1, 0.15) is 86.8 Å². The minimum Gasteiger partial charge on any atom is -0.396 e. The topological polar surface area (TPSA) is 20.2 Å². The summed E-state index contributed by atoms with van der Waals surface area (Å²) in [4.78, 5) is 0. The molecule has 0 aliphatic heterocycles. The molecule has 0 spiro atoms. The summed E-state index contributed by atoms with van der Waals surface area (Å²) in [5.74, 6) is 0. The van der Waals surface area contributed by atoms with Gasteiger partial charge in [-0.15, -0.1) is 0 Å². The summed E-state index contributed by atoms with van der Waals surface area (Å²) in [7, 11) is 0. The smallest absolute Gasteiger partial charge is 0.0431 e. The first kappa shape index (κ1) is 20.9. The van der Waals surface area contributed by atoms with Crippen molar-refractivity contribution in [2.24, 2.45) is 0 Å². The molecule has 0 radical (unpaired) electrons. The number of fused-ring (bicyclic) bond motifs is 1. The Morgan fingerprint density at radius 2 is 1.46 bits per heavy atom. The highest BCUT2D eigenvalue weighted by Crippen LogP contribution is 2.46. The highest BCUT2D eigenvalue weighted by Gasteiger charge is 2.37. The summed E-state index contributed by atoms with van der Waals surface area (Å²) < 4.78 is 0. The average molecular weight is 377 g/mol. The van der Waals surface area contributed by atoms with E-state index in [0.29, 0.717) is 0 Å². The van der Waals surface area contributed by atoms with Gasteiger partial charge in [0.05, 0.1) is 0 Å². The fourth-order valence-corrected chi connectivity index (χ4v) is 4.34. The third kappa shape index (κ3) is 4.58. The average Bonchev–Trinajstić information content (AvgIpc) is 2.65. The Balaban J connectivity index is 2.04. The van der Waals surface area contributed by atoms with Gasteiger partial charge in [0.15, 0.2) is 0 Å². The van der Waals surface area contributed by atoms with Crippen molar-refractivity contribution in [1.82, 2.24) is 0 Å². The summed E-state index contributed by atoms with van der Waals surface area (Å²) in [6.45, 7) is 12.0. The van der Waals surface area contributed by atoms with Gasteiger partial charge in [0.2, 0.25) is 0 Å². The molecule has 0 amide bonds. The van der Waals surface area contributed by atoms with E-state index in [1.165, 1.54) is 46.2 Å². The van der Waals surface area contributed by atoms with Crippen molar-refractivity contribution in [2.75, 3.05) is 6.61 Å². The van der Waals surface area contributed by atoms with E-state index in [1.807, 2.05) is 0 Å². The third-order valence-electron chi connectivity index (χ3n) is 6.50. The molecule has 1 nitrogen and oxygen atoms in total. The van der Waals surface area contributed by atoms with Gasteiger partial charge >= 0.3 is 0 Å². The second-order valence-electron chi connectivity index (χ2n) is 9.79. The van der Waals surface area contributed by atoms with E-state index in [4.69, 9.17) is 0 Å². The minimum atomic E-state index is 0.223.